The van der Waals surface area contributed by atoms with Crippen LogP contribution < -0.4 is 10.1 Å². The van der Waals surface area contributed by atoms with Gasteiger partial charge in [0, 0.05) is 12.6 Å². The Balaban J connectivity index is 1.80. The molecule has 0 atom stereocenters. The number of ether oxygens (including phenoxy) is 1. The summed E-state index contributed by atoms with van der Waals surface area (Å²) in [7, 11) is 1.63. The monoisotopic (exact) mass is 349 g/mol. The first kappa shape index (κ1) is 17.4. The molecular formula is C18H17Cl2NO2. The quantitative estimate of drug-likeness (QED) is 0.786. The van der Waals surface area contributed by atoms with Crippen molar-refractivity contribution in [3.63, 3.8) is 0 Å². The van der Waals surface area contributed by atoms with Crippen LogP contribution in [0.3, 0.4) is 0 Å². The Kier molecular flexibility index (Phi) is 6.51. The van der Waals surface area contributed by atoms with Gasteiger partial charge in [-0.3, -0.25) is 4.79 Å². The van der Waals surface area contributed by atoms with Crippen LogP contribution in [0.5, 0.6) is 5.75 Å². The Hall–Kier alpha value is -1.97. The summed E-state index contributed by atoms with van der Waals surface area (Å²) in [6.07, 6.45) is 3.94. The van der Waals surface area contributed by atoms with E-state index in [0.29, 0.717) is 16.6 Å². The lowest BCUT2D eigenvalue weighted by atomic mass is 10.1. The number of hydrogen-bond donors (Lipinski definition) is 1. The number of hydrogen-bond acceptors (Lipinski definition) is 2. The van der Waals surface area contributed by atoms with E-state index >= 15 is 0 Å². The average Bonchev–Trinajstić information content (AvgIpc) is 2.56. The van der Waals surface area contributed by atoms with Crippen LogP contribution in [-0.2, 0) is 11.2 Å². The summed E-state index contributed by atoms with van der Waals surface area (Å²) in [6, 6.07) is 13.0. The fraction of sp³-hybridized carbons (Fsp3) is 0.167. The van der Waals surface area contributed by atoms with E-state index in [9.17, 15) is 4.79 Å². The van der Waals surface area contributed by atoms with Gasteiger partial charge in [0.1, 0.15) is 5.75 Å². The van der Waals surface area contributed by atoms with Crippen molar-refractivity contribution in [2.45, 2.75) is 6.42 Å². The van der Waals surface area contributed by atoms with Gasteiger partial charge in [-0.2, -0.15) is 0 Å². The molecule has 0 aliphatic rings. The molecule has 0 heterocycles. The van der Waals surface area contributed by atoms with Crippen molar-refractivity contribution in [2.24, 2.45) is 0 Å². The lowest BCUT2D eigenvalue weighted by molar-refractivity contribution is -0.116. The van der Waals surface area contributed by atoms with Crippen molar-refractivity contribution < 1.29 is 9.53 Å². The second kappa shape index (κ2) is 8.61. The van der Waals surface area contributed by atoms with Gasteiger partial charge in [-0.25, -0.2) is 0 Å². The zero-order valence-electron chi connectivity index (χ0n) is 12.7. The molecular weight excluding hydrogens is 333 g/mol. The largest absolute Gasteiger partial charge is 0.497 e. The van der Waals surface area contributed by atoms with E-state index < -0.39 is 0 Å². The van der Waals surface area contributed by atoms with Gasteiger partial charge in [-0.05, 0) is 47.9 Å². The fourth-order valence-corrected chi connectivity index (χ4v) is 2.28. The molecule has 0 aliphatic carbocycles. The summed E-state index contributed by atoms with van der Waals surface area (Å²) in [4.78, 5) is 11.8. The zero-order valence-corrected chi connectivity index (χ0v) is 14.2. The van der Waals surface area contributed by atoms with Gasteiger partial charge in [0.25, 0.3) is 0 Å². The molecule has 0 aromatic heterocycles. The van der Waals surface area contributed by atoms with Crippen LogP contribution in [0.25, 0.3) is 6.08 Å². The first-order valence-corrected chi connectivity index (χ1v) is 7.88. The standard InChI is InChI=1S/C18H17Cl2NO2/c1-23-15-6-2-13(3-7-15)10-11-21-18(22)9-5-14-4-8-16(19)17(20)12-14/h2-9,12H,10-11H2,1H3,(H,21,22). The first-order valence-electron chi connectivity index (χ1n) is 7.12. The van der Waals surface area contributed by atoms with Gasteiger partial charge in [0.15, 0.2) is 0 Å². The summed E-state index contributed by atoms with van der Waals surface area (Å²) in [5, 5.41) is 3.80. The van der Waals surface area contributed by atoms with Gasteiger partial charge in [0.2, 0.25) is 5.91 Å². The van der Waals surface area contributed by atoms with E-state index in [2.05, 4.69) is 5.32 Å². The van der Waals surface area contributed by atoms with Crippen LogP contribution in [0.1, 0.15) is 11.1 Å². The second-order valence-corrected chi connectivity index (χ2v) is 5.71. The number of halogens is 2. The maximum Gasteiger partial charge on any atom is 0.244 e. The number of carbonyl (C=O) groups is 1. The number of carbonyl (C=O) groups excluding carboxylic acids is 1. The minimum Gasteiger partial charge on any atom is -0.497 e. The minimum atomic E-state index is -0.149. The highest BCUT2D eigenvalue weighted by molar-refractivity contribution is 6.42. The van der Waals surface area contributed by atoms with Crippen molar-refractivity contribution in [3.8, 4) is 5.75 Å². The van der Waals surface area contributed by atoms with Crippen LogP contribution in [-0.4, -0.2) is 19.6 Å². The molecule has 2 aromatic carbocycles. The summed E-state index contributed by atoms with van der Waals surface area (Å²) < 4.78 is 5.11. The maximum absolute atomic E-state index is 11.8. The highest BCUT2D eigenvalue weighted by atomic mass is 35.5. The third-order valence-corrected chi connectivity index (χ3v) is 3.98. The van der Waals surface area contributed by atoms with Crippen LogP contribution in [0, 0.1) is 0 Å². The van der Waals surface area contributed by atoms with Gasteiger partial charge >= 0.3 is 0 Å². The van der Waals surface area contributed by atoms with Crippen molar-refractivity contribution in [1.82, 2.24) is 5.32 Å². The van der Waals surface area contributed by atoms with E-state index in [-0.39, 0.29) is 5.91 Å². The van der Waals surface area contributed by atoms with E-state index in [1.165, 1.54) is 6.08 Å². The maximum atomic E-state index is 11.8. The predicted octanol–water partition coefficient (Wildman–Crippen LogP) is 4.37. The molecule has 0 unspecified atom stereocenters. The van der Waals surface area contributed by atoms with Gasteiger partial charge < -0.3 is 10.1 Å². The molecule has 0 fully saturated rings. The topological polar surface area (TPSA) is 38.3 Å². The van der Waals surface area contributed by atoms with Gasteiger partial charge in [0.05, 0.1) is 17.2 Å². The molecule has 0 spiro atoms. The van der Waals surface area contributed by atoms with Crippen LogP contribution >= 0.6 is 23.2 Å². The lowest BCUT2D eigenvalue weighted by Gasteiger charge is -2.04. The number of nitrogens with one attached hydrogen (secondary N) is 1. The van der Waals surface area contributed by atoms with Gasteiger partial charge in [-0.1, -0.05) is 41.4 Å². The molecule has 2 aromatic rings. The average molecular weight is 350 g/mol. The summed E-state index contributed by atoms with van der Waals surface area (Å²) in [6.45, 7) is 0.566. The molecule has 1 N–H and O–H groups in total. The lowest BCUT2D eigenvalue weighted by Crippen LogP contribution is -2.23. The number of amides is 1. The van der Waals surface area contributed by atoms with Crippen LogP contribution in [0.4, 0.5) is 0 Å². The minimum absolute atomic E-state index is 0.149. The number of methoxy groups -OCH3 is 1. The molecule has 0 saturated heterocycles. The molecule has 3 nitrogen and oxygen atoms in total. The van der Waals surface area contributed by atoms with Crippen molar-refractivity contribution in [2.75, 3.05) is 13.7 Å². The van der Waals surface area contributed by atoms with E-state index in [0.717, 1.165) is 23.3 Å². The van der Waals surface area contributed by atoms with Crippen LogP contribution in [0.15, 0.2) is 48.5 Å². The smallest absolute Gasteiger partial charge is 0.244 e. The Morgan fingerprint density at radius 3 is 2.52 bits per heavy atom. The van der Waals surface area contributed by atoms with Crippen molar-refractivity contribution in [3.05, 3.63) is 69.7 Å². The molecule has 2 rings (SSSR count). The Bertz CT molecular complexity index is 697. The molecule has 0 radical (unpaired) electrons. The highest BCUT2D eigenvalue weighted by Crippen LogP contribution is 2.23. The Labute approximate surface area is 145 Å². The van der Waals surface area contributed by atoms with Gasteiger partial charge in [-0.15, -0.1) is 0 Å². The van der Waals surface area contributed by atoms with Crippen molar-refractivity contribution in [1.29, 1.82) is 0 Å². The second-order valence-electron chi connectivity index (χ2n) is 4.90. The van der Waals surface area contributed by atoms with Crippen LogP contribution in [0.2, 0.25) is 10.0 Å². The number of rotatable bonds is 6. The van der Waals surface area contributed by atoms with E-state index in [4.69, 9.17) is 27.9 Å². The normalized spacial score (nSPS) is 10.7. The molecule has 0 bridgehead atoms. The first-order chi connectivity index (χ1) is 11.1. The fourth-order valence-electron chi connectivity index (χ4n) is 1.97. The molecule has 0 saturated carbocycles. The van der Waals surface area contributed by atoms with E-state index in [1.54, 1.807) is 31.4 Å². The summed E-state index contributed by atoms with van der Waals surface area (Å²) in [5.41, 5.74) is 1.96. The van der Waals surface area contributed by atoms with Crippen molar-refractivity contribution >= 4 is 35.2 Å². The molecule has 120 valence electrons. The molecule has 0 aliphatic heterocycles. The third kappa shape index (κ3) is 5.62. The molecule has 23 heavy (non-hydrogen) atoms. The predicted molar refractivity (Wildman–Crippen MR) is 95.2 cm³/mol. The third-order valence-electron chi connectivity index (χ3n) is 3.24. The summed E-state index contributed by atoms with van der Waals surface area (Å²) >= 11 is 11.8. The highest BCUT2D eigenvalue weighted by Gasteiger charge is 1.99. The summed E-state index contributed by atoms with van der Waals surface area (Å²) in [5.74, 6) is 0.673. The number of benzene rings is 2. The SMILES string of the molecule is COc1ccc(CCNC(=O)C=Cc2ccc(Cl)c(Cl)c2)cc1. The molecule has 1 amide bonds. The zero-order chi connectivity index (χ0) is 16.7. The Morgan fingerprint density at radius 1 is 1.13 bits per heavy atom. The Morgan fingerprint density at radius 2 is 1.87 bits per heavy atom. The van der Waals surface area contributed by atoms with E-state index in [1.807, 2.05) is 24.3 Å². The molecule has 5 heteroatoms.